The third-order valence-corrected chi connectivity index (χ3v) is 7.11. The van der Waals surface area contributed by atoms with Crippen LogP contribution in [0.5, 0.6) is 0 Å². The van der Waals surface area contributed by atoms with Crippen molar-refractivity contribution in [3.05, 3.63) is 54.6 Å². The summed E-state index contributed by atoms with van der Waals surface area (Å²) in [5.74, 6) is 0. The Bertz CT molecular complexity index is 1370. The molecule has 5 heterocycles. The molecule has 0 saturated carbocycles. The van der Waals surface area contributed by atoms with Crippen molar-refractivity contribution in [3.8, 4) is 22.4 Å². The van der Waals surface area contributed by atoms with E-state index >= 15 is 0 Å². The summed E-state index contributed by atoms with van der Waals surface area (Å²) >= 11 is 0. The van der Waals surface area contributed by atoms with Gasteiger partial charge < -0.3 is 10.2 Å². The summed E-state index contributed by atoms with van der Waals surface area (Å²) < 4.78 is 3.94. The Morgan fingerprint density at radius 1 is 1.09 bits per heavy atom. The molecule has 3 aromatic heterocycles. The van der Waals surface area contributed by atoms with Gasteiger partial charge >= 0.3 is 6.03 Å². The number of benzene rings is 1. The third kappa shape index (κ3) is 3.28. The molecule has 8 nitrogen and oxygen atoms in total. The van der Waals surface area contributed by atoms with Crippen LogP contribution in [0.4, 0.5) is 4.79 Å². The number of nitrogens with zero attached hydrogens (tertiary/aromatic N) is 6. The average molecular weight is 442 g/mol. The maximum absolute atomic E-state index is 12.4. The monoisotopic (exact) mass is 441 g/mol. The van der Waals surface area contributed by atoms with Gasteiger partial charge in [0.05, 0.1) is 17.4 Å². The highest BCUT2D eigenvalue weighted by molar-refractivity contribution is 5.87. The highest BCUT2D eigenvalue weighted by Gasteiger charge is 2.46. The second kappa shape index (κ2) is 7.43. The van der Waals surface area contributed by atoms with E-state index in [-0.39, 0.29) is 11.4 Å². The molecule has 0 aliphatic carbocycles. The zero-order valence-corrected chi connectivity index (χ0v) is 19.0. The summed E-state index contributed by atoms with van der Waals surface area (Å²) in [5, 5.41) is 13.2. The van der Waals surface area contributed by atoms with Crippen LogP contribution in [0.25, 0.3) is 33.3 Å². The highest BCUT2D eigenvalue weighted by atomic mass is 16.2. The van der Waals surface area contributed by atoms with Crippen LogP contribution in [0.1, 0.15) is 25.5 Å². The number of hydrogen-bond donors (Lipinski definition) is 1. The molecule has 1 spiro atoms. The average Bonchev–Trinajstić information content (AvgIpc) is 3.59. The Labute approximate surface area is 192 Å². The molecule has 1 unspecified atom stereocenters. The largest absolute Gasteiger partial charge is 0.338 e. The molecule has 1 fully saturated rings. The van der Waals surface area contributed by atoms with Gasteiger partial charge in [-0.15, -0.1) is 0 Å². The van der Waals surface area contributed by atoms with E-state index in [2.05, 4.69) is 45.4 Å². The molecule has 0 bridgehead atoms. The lowest BCUT2D eigenvalue weighted by Gasteiger charge is -2.23. The van der Waals surface area contributed by atoms with Crippen molar-refractivity contribution in [2.45, 2.75) is 31.7 Å². The molecular weight excluding hydrogens is 414 g/mol. The lowest BCUT2D eigenvalue weighted by Crippen LogP contribution is -2.40. The predicted octanol–water partition coefficient (Wildman–Crippen LogP) is 3.58. The Hall–Kier alpha value is -3.68. The number of urea groups is 1. The molecule has 4 aromatic rings. The van der Waals surface area contributed by atoms with Crippen LogP contribution >= 0.6 is 0 Å². The van der Waals surface area contributed by atoms with Crippen LogP contribution in [-0.2, 0) is 19.0 Å². The molecule has 6 rings (SSSR count). The van der Waals surface area contributed by atoms with Gasteiger partial charge in [-0.1, -0.05) is 6.07 Å². The second-order valence-corrected chi connectivity index (χ2v) is 9.21. The Kier molecular flexibility index (Phi) is 4.50. The number of fused-ring (bicyclic) bond motifs is 3. The van der Waals surface area contributed by atoms with Crippen molar-refractivity contribution < 1.29 is 4.79 Å². The van der Waals surface area contributed by atoms with Gasteiger partial charge in [-0.3, -0.25) is 14.3 Å². The molecule has 1 atom stereocenters. The Balaban J connectivity index is 1.32. The summed E-state index contributed by atoms with van der Waals surface area (Å²) in [6.45, 7) is 5.06. The lowest BCUT2D eigenvalue weighted by atomic mass is 9.82. The van der Waals surface area contributed by atoms with E-state index in [9.17, 15) is 4.79 Å². The first kappa shape index (κ1) is 20.0. The van der Waals surface area contributed by atoms with Crippen molar-refractivity contribution in [1.29, 1.82) is 0 Å². The summed E-state index contributed by atoms with van der Waals surface area (Å²) in [4.78, 5) is 19.0. The van der Waals surface area contributed by atoms with Crippen LogP contribution < -0.4 is 5.32 Å². The zero-order valence-electron chi connectivity index (χ0n) is 19.0. The molecule has 2 aliphatic rings. The number of likely N-dealkylation sites (tertiary alicyclic amines) is 1. The molecule has 1 aromatic carbocycles. The number of pyridine rings is 1. The molecule has 2 amide bonds. The van der Waals surface area contributed by atoms with E-state index in [1.807, 2.05) is 42.1 Å². The van der Waals surface area contributed by atoms with Crippen LogP contribution in [-0.4, -0.2) is 55.1 Å². The van der Waals surface area contributed by atoms with Gasteiger partial charge in [-0.25, -0.2) is 4.79 Å². The number of carbonyl (C=O) groups is 1. The molecule has 2 aliphatic heterocycles. The molecule has 1 saturated heterocycles. The minimum Gasteiger partial charge on any atom is -0.338 e. The standard InChI is InChI=1S/C25H27N7O/c1-3-26-24(33)31-8-6-25(16-31)7-9-32-23(25)12-22(29-32)19-11-18-10-17(4-5-21(18)27-13-19)20-14-28-30(2)15-20/h4-5,10-15H,3,6-9,16H2,1-2H3,(H,26,33). The van der Waals surface area contributed by atoms with Crippen LogP contribution in [0.3, 0.4) is 0 Å². The van der Waals surface area contributed by atoms with E-state index in [1.54, 1.807) is 0 Å². The van der Waals surface area contributed by atoms with Crippen LogP contribution in [0.15, 0.2) is 48.9 Å². The summed E-state index contributed by atoms with van der Waals surface area (Å²) in [6.07, 6.45) is 7.83. The van der Waals surface area contributed by atoms with E-state index in [4.69, 9.17) is 10.1 Å². The van der Waals surface area contributed by atoms with Crippen molar-refractivity contribution in [3.63, 3.8) is 0 Å². The first-order valence-electron chi connectivity index (χ1n) is 11.5. The molecule has 1 N–H and O–H groups in total. The maximum atomic E-state index is 12.4. The van der Waals surface area contributed by atoms with Gasteiger partial charge in [-0.2, -0.15) is 10.2 Å². The number of aromatic nitrogens is 5. The Morgan fingerprint density at radius 3 is 2.76 bits per heavy atom. The Morgan fingerprint density at radius 2 is 1.94 bits per heavy atom. The van der Waals surface area contributed by atoms with Crippen molar-refractivity contribution in [2.24, 2.45) is 7.05 Å². The fraction of sp³-hybridized carbons (Fsp3) is 0.360. The molecule has 33 heavy (non-hydrogen) atoms. The third-order valence-electron chi connectivity index (χ3n) is 7.11. The fourth-order valence-corrected chi connectivity index (χ4v) is 5.35. The normalized spacial score (nSPS) is 19.5. The fourth-order valence-electron chi connectivity index (χ4n) is 5.35. The number of aryl methyl sites for hydroxylation is 2. The lowest BCUT2D eigenvalue weighted by molar-refractivity contribution is 0.206. The first-order chi connectivity index (χ1) is 16.0. The predicted molar refractivity (Wildman–Crippen MR) is 127 cm³/mol. The summed E-state index contributed by atoms with van der Waals surface area (Å²) in [6, 6.07) is 10.7. The van der Waals surface area contributed by atoms with Gasteiger partial charge in [-0.05, 0) is 49.6 Å². The number of carbonyl (C=O) groups excluding carboxylic acids is 1. The van der Waals surface area contributed by atoms with E-state index in [1.165, 1.54) is 5.69 Å². The van der Waals surface area contributed by atoms with Crippen molar-refractivity contribution in [1.82, 2.24) is 34.8 Å². The number of hydrogen-bond acceptors (Lipinski definition) is 4. The van der Waals surface area contributed by atoms with Gasteiger partial charge in [0, 0.05) is 73.2 Å². The topological polar surface area (TPSA) is 80.9 Å². The molecule has 8 heteroatoms. The van der Waals surface area contributed by atoms with Crippen molar-refractivity contribution >= 4 is 16.9 Å². The van der Waals surface area contributed by atoms with E-state index < -0.39 is 0 Å². The SMILES string of the molecule is CCNC(=O)N1CCC2(CCn3nc(-c4cnc5ccc(-c6cnn(C)c6)cc5c4)cc32)C1. The molecule has 168 valence electrons. The molecular formula is C25H27N7O. The van der Waals surface area contributed by atoms with Crippen molar-refractivity contribution in [2.75, 3.05) is 19.6 Å². The minimum absolute atomic E-state index is 0.00802. The summed E-state index contributed by atoms with van der Waals surface area (Å²) in [7, 11) is 1.93. The van der Waals surface area contributed by atoms with E-state index in [0.717, 1.165) is 65.8 Å². The number of rotatable bonds is 3. The summed E-state index contributed by atoms with van der Waals surface area (Å²) in [5.41, 5.74) is 6.39. The molecule has 0 radical (unpaired) electrons. The van der Waals surface area contributed by atoms with E-state index in [0.29, 0.717) is 6.54 Å². The van der Waals surface area contributed by atoms with Crippen LogP contribution in [0.2, 0.25) is 0 Å². The zero-order chi connectivity index (χ0) is 22.6. The highest BCUT2D eigenvalue weighted by Crippen LogP contribution is 2.43. The number of nitrogens with one attached hydrogen (secondary N) is 1. The van der Waals surface area contributed by atoms with Crippen LogP contribution in [0, 0.1) is 0 Å². The number of amides is 2. The van der Waals surface area contributed by atoms with Gasteiger partial charge in [0.25, 0.3) is 0 Å². The van der Waals surface area contributed by atoms with Gasteiger partial charge in [0.15, 0.2) is 0 Å². The second-order valence-electron chi connectivity index (χ2n) is 9.21. The quantitative estimate of drug-likeness (QED) is 0.527. The smallest absolute Gasteiger partial charge is 0.317 e. The first-order valence-corrected chi connectivity index (χ1v) is 11.5. The van der Waals surface area contributed by atoms with Gasteiger partial charge in [0.1, 0.15) is 0 Å². The van der Waals surface area contributed by atoms with Gasteiger partial charge in [0.2, 0.25) is 0 Å². The minimum atomic E-state index is 0.00802. The maximum Gasteiger partial charge on any atom is 0.317 e.